The third-order valence-electron chi connectivity index (χ3n) is 6.10. The Morgan fingerprint density at radius 1 is 1.00 bits per heavy atom. The topological polar surface area (TPSA) is 133 Å². The molecule has 1 saturated heterocycles. The summed E-state index contributed by atoms with van der Waals surface area (Å²) < 4.78 is 85.8. The second kappa shape index (κ2) is 12.5. The van der Waals surface area contributed by atoms with E-state index in [1.807, 2.05) is 0 Å². The Kier molecular flexibility index (Phi) is 9.63. The van der Waals surface area contributed by atoms with Crippen molar-refractivity contribution in [3.8, 4) is 5.75 Å². The molecule has 1 aliphatic heterocycles. The third-order valence-corrected chi connectivity index (χ3v) is 8.01. The van der Waals surface area contributed by atoms with Crippen molar-refractivity contribution in [1.82, 2.24) is 14.5 Å². The van der Waals surface area contributed by atoms with Gasteiger partial charge < -0.3 is 15.2 Å². The summed E-state index contributed by atoms with van der Waals surface area (Å²) in [5.74, 6) is -12.2. The van der Waals surface area contributed by atoms with E-state index in [1.54, 1.807) is 23.1 Å². The van der Waals surface area contributed by atoms with Gasteiger partial charge in [-0.05, 0) is 19.1 Å². The second-order valence-corrected chi connectivity index (χ2v) is 10.6. The predicted octanol–water partition coefficient (Wildman–Crippen LogP) is 1.55. The first-order valence-electron chi connectivity index (χ1n) is 11.6. The SMILES string of the molecule is CC(C(=O)NC(CC(=O)O)C(=O)COc1c(F)c(F)cc(F)c1F)N1CCN(S(=O)(=O)c2ccccc2)CC1. The number of halogens is 4. The van der Waals surface area contributed by atoms with E-state index in [1.165, 1.54) is 23.4 Å². The number of ketones is 1. The van der Waals surface area contributed by atoms with E-state index in [0.29, 0.717) is 0 Å². The zero-order chi connectivity index (χ0) is 28.9. The molecule has 1 aliphatic rings. The molecule has 0 spiro atoms. The summed E-state index contributed by atoms with van der Waals surface area (Å²) in [4.78, 5) is 38.4. The summed E-state index contributed by atoms with van der Waals surface area (Å²) in [5.41, 5.74) is 0. The second-order valence-electron chi connectivity index (χ2n) is 8.64. The fourth-order valence-electron chi connectivity index (χ4n) is 3.87. The standard InChI is InChI=1S/C24H25F4N3O7S/c1-14(30-7-9-31(10-8-30)39(36,37)15-5-3-2-4-6-15)24(35)29-18(12-20(33)34)19(32)13-38-23-21(27)16(25)11-17(26)22(23)28/h2-6,11,14,18H,7-10,12-13H2,1H3,(H,29,35)(H,33,34). The highest BCUT2D eigenvalue weighted by Gasteiger charge is 2.34. The van der Waals surface area contributed by atoms with Gasteiger partial charge in [-0.3, -0.25) is 19.3 Å². The molecule has 0 aliphatic carbocycles. The van der Waals surface area contributed by atoms with E-state index >= 15 is 0 Å². The molecule has 0 bridgehead atoms. The molecule has 212 valence electrons. The molecule has 2 N–H and O–H groups in total. The molecule has 10 nitrogen and oxygen atoms in total. The van der Waals surface area contributed by atoms with Gasteiger partial charge in [-0.1, -0.05) is 18.2 Å². The van der Waals surface area contributed by atoms with Gasteiger partial charge in [0.15, 0.2) is 23.2 Å². The van der Waals surface area contributed by atoms with Crippen LogP contribution in [0.25, 0.3) is 0 Å². The van der Waals surface area contributed by atoms with E-state index in [0.717, 1.165) is 0 Å². The Morgan fingerprint density at radius 2 is 1.56 bits per heavy atom. The Labute approximate surface area is 221 Å². The van der Waals surface area contributed by atoms with Crippen LogP contribution in [0.1, 0.15) is 13.3 Å². The van der Waals surface area contributed by atoms with E-state index in [2.05, 4.69) is 10.1 Å². The first-order valence-corrected chi connectivity index (χ1v) is 13.1. The number of hydrogen-bond donors (Lipinski definition) is 2. The zero-order valence-corrected chi connectivity index (χ0v) is 21.4. The Morgan fingerprint density at radius 3 is 2.10 bits per heavy atom. The summed E-state index contributed by atoms with van der Waals surface area (Å²) in [5, 5.41) is 11.4. The normalized spacial score (nSPS) is 16.3. The number of nitrogens with zero attached hydrogens (tertiary/aromatic N) is 2. The number of carbonyl (C=O) groups excluding carboxylic acids is 2. The molecule has 1 amide bonds. The molecule has 1 heterocycles. The molecule has 3 rings (SSSR count). The molecule has 2 unspecified atom stereocenters. The molecule has 2 atom stereocenters. The van der Waals surface area contributed by atoms with Gasteiger partial charge in [0, 0.05) is 32.2 Å². The van der Waals surface area contributed by atoms with Crippen molar-refractivity contribution in [1.29, 1.82) is 0 Å². The van der Waals surface area contributed by atoms with Crippen LogP contribution in [0.15, 0.2) is 41.3 Å². The van der Waals surface area contributed by atoms with Crippen LogP contribution in [0.4, 0.5) is 17.6 Å². The third kappa shape index (κ3) is 7.10. The molecule has 39 heavy (non-hydrogen) atoms. The minimum Gasteiger partial charge on any atom is -0.481 e. The number of hydrogen-bond acceptors (Lipinski definition) is 7. The summed E-state index contributed by atoms with van der Waals surface area (Å²) >= 11 is 0. The van der Waals surface area contributed by atoms with Gasteiger partial charge in [0.05, 0.1) is 17.4 Å². The van der Waals surface area contributed by atoms with Crippen molar-refractivity contribution in [2.45, 2.75) is 30.3 Å². The van der Waals surface area contributed by atoms with Crippen LogP contribution in [-0.2, 0) is 24.4 Å². The van der Waals surface area contributed by atoms with Crippen LogP contribution >= 0.6 is 0 Å². The number of amides is 1. The Balaban J connectivity index is 1.62. The molecule has 0 radical (unpaired) electrons. The van der Waals surface area contributed by atoms with Crippen LogP contribution in [0.5, 0.6) is 5.75 Å². The van der Waals surface area contributed by atoms with E-state index in [9.17, 15) is 40.4 Å². The van der Waals surface area contributed by atoms with Gasteiger partial charge in [0.1, 0.15) is 12.6 Å². The lowest BCUT2D eigenvalue weighted by Crippen LogP contribution is -2.57. The molecule has 2 aromatic carbocycles. The average molecular weight is 576 g/mol. The lowest BCUT2D eigenvalue weighted by Gasteiger charge is -2.37. The fourth-order valence-corrected chi connectivity index (χ4v) is 5.32. The zero-order valence-electron chi connectivity index (χ0n) is 20.6. The monoisotopic (exact) mass is 575 g/mol. The van der Waals surface area contributed by atoms with Gasteiger partial charge in [-0.25, -0.2) is 17.2 Å². The number of Topliss-reactive ketones (excluding diaryl/α,β-unsaturated/α-hetero) is 1. The highest BCUT2D eigenvalue weighted by Crippen LogP contribution is 2.26. The van der Waals surface area contributed by atoms with Gasteiger partial charge in [0.2, 0.25) is 27.6 Å². The van der Waals surface area contributed by atoms with Crippen LogP contribution in [0, 0.1) is 23.3 Å². The smallest absolute Gasteiger partial charge is 0.305 e. The van der Waals surface area contributed by atoms with E-state index in [4.69, 9.17) is 5.11 Å². The quantitative estimate of drug-likeness (QED) is 0.305. The van der Waals surface area contributed by atoms with Crippen molar-refractivity contribution in [3.05, 3.63) is 59.7 Å². The minimum absolute atomic E-state index is 0.0505. The molecule has 0 saturated carbocycles. The van der Waals surface area contributed by atoms with Crippen molar-refractivity contribution < 1.29 is 50.2 Å². The number of piperazine rings is 1. The lowest BCUT2D eigenvalue weighted by atomic mass is 10.1. The van der Waals surface area contributed by atoms with E-state index < -0.39 is 81.8 Å². The molecule has 15 heteroatoms. The molecule has 2 aromatic rings. The molecule has 0 aromatic heterocycles. The number of carboxylic acid groups (broad SMARTS) is 1. The maximum absolute atomic E-state index is 13.8. The summed E-state index contributed by atoms with van der Waals surface area (Å²) in [6.45, 7) is 0.730. The van der Waals surface area contributed by atoms with Gasteiger partial charge in [0.25, 0.3) is 0 Å². The number of carbonyl (C=O) groups is 3. The van der Waals surface area contributed by atoms with Crippen molar-refractivity contribution in [3.63, 3.8) is 0 Å². The van der Waals surface area contributed by atoms with Crippen molar-refractivity contribution in [2.75, 3.05) is 32.8 Å². The van der Waals surface area contributed by atoms with E-state index in [-0.39, 0.29) is 37.1 Å². The minimum atomic E-state index is -3.73. The number of aliphatic carboxylic acids is 1. The summed E-state index contributed by atoms with van der Waals surface area (Å²) in [6.07, 6.45) is -0.910. The number of benzene rings is 2. The first kappa shape index (κ1) is 30.0. The number of rotatable bonds is 11. The van der Waals surface area contributed by atoms with Crippen molar-refractivity contribution in [2.24, 2.45) is 0 Å². The molecule has 1 fully saturated rings. The number of sulfonamides is 1. The Hall–Kier alpha value is -3.56. The first-order chi connectivity index (χ1) is 18.3. The Bertz CT molecular complexity index is 1310. The van der Waals surface area contributed by atoms with Crippen molar-refractivity contribution >= 4 is 27.7 Å². The largest absolute Gasteiger partial charge is 0.481 e. The maximum atomic E-state index is 13.8. The highest BCUT2D eigenvalue weighted by atomic mass is 32.2. The molecular weight excluding hydrogens is 550 g/mol. The summed E-state index contributed by atoms with van der Waals surface area (Å²) in [7, 11) is -3.73. The maximum Gasteiger partial charge on any atom is 0.305 e. The summed E-state index contributed by atoms with van der Waals surface area (Å²) in [6, 6.07) is 5.15. The fraction of sp³-hybridized carbons (Fsp3) is 0.375. The van der Waals surface area contributed by atoms with Crippen LogP contribution < -0.4 is 10.1 Å². The van der Waals surface area contributed by atoms with Crippen LogP contribution in [-0.4, -0.2) is 85.3 Å². The average Bonchev–Trinajstić information content (AvgIpc) is 2.91. The lowest BCUT2D eigenvalue weighted by molar-refractivity contribution is -0.141. The predicted molar refractivity (Wildman–Crippen MR) is 127 cm³/mol. The number of ether oxygens (including phenoxy) is 1. The van der Waals surface area contributed by atoms with Crippen LogP contribution in [0.2, 0.25) is 0 Å². The number of carboxylic acids is 1. The van der Waals surface area contributed by atoms with Gasteiger partial charge in [-0.2, -0.15) is 13.1 Å². The number of nitrogens with one attached hydrogen (secondary N) is 1. The van der Waals surface area contributed by atoms with Gasteiger partial charge >= 0.3 is 5.97 Å². The highest BCUT2D eigenvalue weighted by molar-refractivity contribution is 7.89. The van der Waals surface area contributed by atoms with Crippen LogP contribution in [0.3, 0.4) is 0 Å². The van der Waals surface area contributed by atoms with Gasteiger partial charge in [-0.15, -0.1) is 0 Å². The molecular formula is C24H25F4N3O7S.